The van der Waals surface area contributed by atoms with E-state index in [0.29, 0.717) is 6.54 Å². The molecule has 0 aliphatic carbocycles. The minimum atomic E-state index is 0.482. The Balaban J connectivity index is 1.88. The quantitative estimate of drug-likeness (QED) is 0.776. The maximum absolute atomic E-state index is 5.99. The summed E-state index contributed by atoms with van der Waals surface area (Å²) in [5, 5.41) is 1.14. The van der Waals surface area contributed by atoms with Crippen molar-refractivity contribution < 1.29 is 9.15 Å². The van der Waals surface area contributed by atoms with Gasteiger partial charge in [0.05, 0.1) is 6.61 Å². The Hall–Kier alpha value is -2.26. The minimum absolute atomic E-state index is 0.482. The number of nitrogens with two attached hydrogens (primary N) is 1. The average Bonchev–Trinajstić information content (AvgIpc) is 3.11. The van der Waals surface area contributed by atoms with Crippen LogP contribution in [0.5, 0.6) is 5.75 Å². The molecule has 3 heteroatoms. The average molecular weight is 279 g/mol. The van der Waals surface area contributed by atoms with Crippen LogP contribution in [0.1, 0.15) is 16.7 Å². The Labute approximate surface area is 123 Å². The van der Waals surface area contributed by atoms with E-state index in [2.05, 4.69) is 37.3 Å². The molecular formula is C18H17NO2. The van der Waals surface area contributed by atoms with E-state index in [1.165, 1.54) is 11.1 Å². The Kier molecular flexibility index (Phi) is 2.76. The summed E-state index contributed by atoms with van der Waals surface area (Å²) in [6, 6.07) is 12.6. The van der Waals surface area contributed by atoms with Crippen LogP contribution in [0.3, 0.4) is 0 Å². The van der Waals surface area contributed by atoms with E-state index in [9.17, 15) is 0 Å². The number of furan rings is 1. The summed E-state index contributed by atoms with van der Waals surface area (Å²) in [4.78, 5) is 0. The monoisotopic (exact) mass is 279 g/mol. The fourth-order valence-electron chi connectivity index (χ4n) is 2.99. The number of rotatable bonds is 2. The van der Waals surface area contributed by atoms with Crippen molar-refractivity contribution in [2.24, 2.45) is 5.73 Å². The van der Waals surface area contributed by atoms with Gasteiger partial charge in [-0.25, -0.2) is 0 Å². The van der Waals surface area contributed by atoms with Crippen molar-refractivity contribution in [3.05, 3.63) is 53.1 Å². The van der Waals surface area contributed by atoms with Gasteiger partial charge in [-0.1, -0.05) is 11.6 Å². The highest BCUT2D eigenvalue weighted by Crippen LogP contribution is 2.36. The summed E-state index contributed by atoms with van der Waals surface area (Å²) in [7, 11) is 0. The van der Waals surface area contributed by atoms with Gasteiger partial charge in [0.15, 0.2) is 0 Å². The third-order valence-corrected chi connectivity index (χ3v) is 4.04. The molecule has 0 saturated carbocycles. The second kappa shape index (κ2) is 4.64. The van der Waals surface area contributed by atoms with Gasteiger partial charge in [0.1, 0.15) is 17.1 Å². The van der Waals surface area contributed by atoms with Gasteiger partial charge < -0.3 is 14.9 Å². The number of fused-ring (bicyclic) bond motifs is 2. The van der Waals surface area contributed by atoms with Crippen LogP contribution in [0.25, 0.3) is 22.3 Å². The number of hydrogen-bond donors (Lipinski definition) is 1. The first-order chi connectivity index (χ1) is 10.2. The highest BCUT2D eigenvalue weighted by Gasteiger charge is 2.18. The van der Waals surface area contributed by atoms with Crippen LogP contribution < -0.4 is 10.5 Å². The molecule has 0 bridgehead atoms. The minimum Gasteiger partial charge on any atom is -0.493 e. The van der Waals surface area contributed by atoms with Crippen molar-refractivity contribution in [3.8, 4) is 17.1 Å². The molecule has 3 nitrogen and oxygen atoms in total. The molecule has 0 spiro atoms. The van der Waals surface area contributed by atoms with Gasteiger partial charge in [0, 0.05) is 29.5 Å². The lowest BCUT2D eigenvalue weighted by Crippen LogP contribution is -1.99. The molecule has 2 aromatic carbocycles. The molecule has 0 saturated heterocycles. The molecule has 1 aliphatic heterocycles. The first kappa shape index (κ1) is 12.5. The molecule has 0 atom stereocenters. The first-order valence-electron chi connectivity index (χ1n) is 7.24. The van der Waals surface area contributed by atoms with Gasteiger partial charge in [-0.2, -0.15) is 0 Å². The Morgan fingerprint density at radius 2 is 2.05 bits per heavy atom. The fourth-order valence-corrected chi connectivity index (χ4v) is 2.99. The number of hydrogen-bond acceptors (Lipinski definition) is 3. The second-order valence-corrected chi connectivity index (χ2v) is 5.58. The van der Waals surface area contributed by atoms with Gasteiger partial charge in [-0.3, -0.25) is 0 Å². The highest BCUT2D eigenvalue weighted by atomic mass is 16.5. The van der Waals surface area contributed by atoms with Gasteiger partial charge in [0.25, 0.3) is 0 Å². The Morgan fingerprint density at radius 1 is 1.14 bits per heavy atom. The van der Waals surface area contributed by atoms with E-state index < -0.39 is 0 Å². The SMILES string of the molecule is Cc1ccc2oc(-c3cc(CN)c4c(c3)CCO4)cc2c1. The normalized spacial score (nSPS) is 13.4. The van der Waals surface area contributed by atoms with Crippen molar-refractivity contribution in [1.82, 2.24) is 0 Å². The van der Waals surface area contributed by atoms with E-state index in [-0.39, 0.29) is 0 Å². The molecule has 2 N–H and O–H groups in total. The smallest absolute Gasteiger partial charge is 0.135 e. The topological polar surface area (TPSA) is 48.4 Å². The van der Waals surface area contributed by atoms with Crippen molar-refractivity contribution in [2.45, 2.75) is 19.9 Å². The molecule has 2 heterocycles. The van der Waals surface area contributed by atoms with Gasteiger partial charge in [-0.05, 0) is 42.8 Å². The lowest BCUT2D eigenvalue weighted by Gasteiger charge is -2.08. The molecule has 1 aromatic heterocycles. The van der Waals surface area contributed by atoms with Crippen LogP contribution >= 0.6 is 0 Å². The summed E-state index contributed by atoms with van der Waals surface area (Å²) < 4.78 is 11.7. The molecule has 0 fully saturated rings. The zero-order valence-corrected chi connectivity index (χ0v) is 12.0. The largest absolute Gasteiger partial charge is 0.493 e. The molecule has 4 rings (SSSR count). The van der Waals surface area contributed by atoms with Crippen LogP contribution in [0, 0.1) is 6.92 Å². The van der Waals surface area contributed by atoms with E-state index in [1.54, 1.807) is 0 Å². The maximum Gasteiger partial charge on any atom is 0.135 e. The third-order valence-electron chi connectivity index (χ3n) is 4.04. The molecular weight excluding hydrogens is 262 g/mol. The van der Waals surface area contributed by atoms with Crippen molar-refractivity contribution in [2.75, 3.05) is 6.61 Å². The summed E-state index contributed by atoms with van der Waals surface area (Å²) >= 11 is 0. The molecule has 0 amide bonds. The molecule has 0 unspecified atom stereocenters. The van der Waals surface area contributed by atoms with E-state index in [0.717, 1.165) is 46.6 Å². The summed E-state index contributed by atoms with van der Waals surface area (Å²) in [6.07, 6.45) is 0.940. The maximum atomic E-state index is 5.99. The Morgan fingerprint density at radius 3 is 2.90 bits per heavy atom. The van der Waals surface area contributed by atoms with Crippen LogP contribution in [0.4, 0.5) is 0 Å². The first-order valence-corrected chi connectivity index (χ1v) is 7.24. The highest BCUT2D eigenvalue weighted by molar-refractivity contribution is 5.83. The molecule has 1 aliphatic rings. The van der Waals surface area contributed by atoms with Gasteiger partial charge in [0.2, 0.25) is 0 Å². The molecule has 0 radical (unpaired) electrons. The zero-order valence-electron chi connectivity index (χ0n) is 12.0. The van der Waals surface area contributed by atoms with Gasteiger partial charge in [-0.15, -0.1) is 0 Å². The predicted octanol–water partition coefficient (Wildman–Crippen LogP) is 3.80. The summed E-state index contributed by atoms with van der Waals surface area (Å²) in [5.41, 5.74) is 11.4. The standard InChI is InChI=1S/C18H17NO2/c1-11-2-3-16-13(6-11)9-17(21-16)14-7-12-4-5-20-18(12)15(8-14)10-19/h2-3,6-9H,4-5,10,19H2,1H3. The zero-order chi connectivity index (χ0) is 14.4. The Bertz CT molecular complexity index is 833. The van der Waals surface area contributed by atoms with Crippen LogP contribution in [-0.2, 0) is 13.0 Å². The van der Waals surface area contributed by atoms with Crippen LogP contribution in [0.2, 0.25) is 0 Å². The lowest BCUT2D eigenvalue weighted by molar-refractivity contribution is 0.353. The molecule has 3 aromatic rings. The second-order valence-electron chi connectivity index (χ2n) is 5.58. The van der Waals surface area contributed by atoms with Crippen molar-refractivity contribution in [1.29, 1.82) is 0 Å². The summed E-state index contributed by atoms with van der Waals surface area (Å²) in [6.45, 7) is 3.31. The predicted molar refractivity (Wildman–Crippen MR) is 83.5 cm³/mol. The van der Waals surface area contributed by atoms with E-state index in [1.807, 2.05) is 6.07 Å². The lowest BCUT2D eigenvalue weighted by atomic mass is 10.0. The third kappa shape index (κ3) is 2.01. The molecule has 21 heavy (non-hydrogen) atoms. The fraction of sp³-hybridized carbons (Fsp3) is 0.222. The van der Waals surface area contributed by atoms with Crippen LogP contribution in [0.15, 0.2) is 40.8 Å². The van der Waals surface area contributed by atoms with Crippen molar-refractivity contribution in [3.63, 3.8) is 0 Å². The van der Waals surface area contributed by atoms with E-state index >= 15 is 0 Å². The van der Waals surface area contributed by atoms with Crippen molar-refractivity contribution >= 4 is 11.0 Å². The van der Waals surface area contributed by atoms with E-state index in [4.69, 9.17) is 14.9 Å². The molecule has 106 valence electrons. The number of aryl methyl sites for hydroxylation is 1. The van der Waals surface area contributed by atoms with Crippen LogP contribution in [-0.4, -0.2) is 6.61 Å². The van der Waals surface area contributed by atoms with Gasteiger partial charge >= 0.3 is 0 Å². The number of benzene rings is 2. The number of ether oxygens (including phenoxy) is 1. The summed E-state index contributed by atoms with van der Waals surface area (Å²) in [5.74, 6) is 1.85.